The molecule has 7 heteroatoms. The predicted molar refractivity (Wildman–Crippen MR) is 129 cm³/mol. The lowest BCUT2D eigenvalue weighted by Gasteiger charge is -2.31. The Hall–Kier alpha value is -2.05. The van der Waals surface area contributed by atoms with Crippen LogP contribution in [0.4, 0.5) is 4.39 Å². The number of hydrogen-bond acceptors (Lipinski definition) is 3. The molecule has 2 aromatic carbocycles. The maximum atomic E-state index is 13.9. The first-order valence-corrected chi connectivity index (χ1v) is 12.7. The van der Waals surface area contributed by atoms with Crippen LogP contribution in [0.15, 0.2) is 48.5 Å². The minimum Gasteiger partial charge on any atom is -0.352 e. The molecule has 0 aliphatic heterocycles. The van der Waals surface area contributed by atoms with E-state index in [0.29, 0.717) is 29.3 Å². The summed E-state index contributed by atoms with van der Waals surface area (Å²) in [5.41, 5.74) is 1.48. The van der Waals surface area contributed by atoms with Gasteiger partial charge in [-0.1, -0.05) is 61.7 Å². The van der Waals surface area contributed by atoms with E-state index in [4.69, 9.17) is 11.6 Å². The van der Waals surface area contributed by atoms with Gasteiger partial charge in [-0.15, -0.1) is 11.8 Å². The second-order valence-corrected chi connectivity index (χ2v) is 9.57. The Kier molecular flexibility index (Phi) is 9.42. The fourth-order valence-electron chi connectivity index (χ4n) is 4.02. The number of benzene rings is 2. The van der Waals surface area contributed by atoms with Crippen molar-refractivity contribution in [1.82, 2.24) is 10.2 Å². The molecule has 3 rings (SSSR count). The van der Waals surface area contributed by atoms with E-state index in [1.807, 2.05) is 19.1 Å². The van der Waals surface area contributed by atoms with Crippen LogP contribution in [0.2, 0.25) is 5.02 Å². The molecule has 1 atom stereocenters. The summed E-state index contributed by atoms with van der Waals surface area (Å²) in [6, 6.07) is 13.5. The van der Waals surface area contributed by atoms with Gasteiger partial charge in [-0.3, -0.25) is 9.59 Å². The number of hydrogen-bond donors (Lipinski definition) is 1. The van der Waals surface area contributed by atoms with Gasteiger partial charge < -0.3 is 10.2 Å². The number of carbonyl (C=O) groups is 2. The lowest BCUT2D eigenvalue weighted by Crippen LogP contribution is -2.51. The first-order chi connectivity index (χ1) is 15.5. The molecule has 0 saturated heterocycles. The summed E-state index contributed by atoms with van der Waals surface area (Å²) in [5, 5.41) is 3.76. The zero-order valence-corrected chi connectivity index (χ0v) is 19.9. The van der Waals surface area contributed by atoms with Gasteiger partial charge >= 0.3 is 0 Å². The molecule has 2 amide bonds. The van der Waals surface area contributed by atoms with Crippen LogP contribution in [0.25, 0.3) is 0 Å². The minimum absolute atomic E-state index is 0.0965. The molecule has 1 aliphatic carbocycles. The van der Waals surface area contributed by atoms with Gasteiger partial charge in [0.15, 0.2) is 0 Å². The van der Waals surface area contributed by atoms with Crippen LogP contribution in [0.5, 0.6) is 0 Å². The van der Waals surface area contributed by atoms with Gasteiger partial charge in [-0.05, 0) is 48.6 Å². The summed E-state index contributed by atoms with van der Waals surface area (Å²) in [7, 11) is 0. The van der Waals surface area contributed by atoms with E-state index >= 15 is 0 Å². The van der Waals surface area contributed by atoms with E-state index in [9.17, 15) is 14.0 Å². The maximum Gasteiger partial charge on any atom is 0.243 e. The predicted octanol–water partition coefficient (Wildman–Crippen LogP) is 5.58. The van der Waals surface area contributed by atoms with Crippen molar-refractivity contribution in [3.8, 4) is 0 Å². The third-order valence-corrected chi connectivity index (χ3v) is 7.01. The molecular formula is C25H30ClFN2O2S. The molecule has 1 saturated carbocycles. The summed E-state index contributed by atoms with van der Waals surface area (Å²) in [6.45, 7) is 2.25. The highest BCUT2D eigenvalue weighted by Crippen LogP contribution is 2.21. The SMILES string of the molecule is CCC(C(=O)NC1CCCC1)N(Cc1ccc(Cl)cc1)C(=O)CSCc1ccccc1F. The first kappa shape index (κ1) is 24.6. The van der Waals surface area contributed by atoms with Crippen LogP contribution in [-0.2, 0) is 21.9 Å². The fraction of sp³-hybridized carbons (Fsp3) is 0.440. The largest absolute Gasteiger partial charge is 0.352 e. The molecular weight excluding hydrogens is 447 g/mol. The number of carbonyl (C=O) groups excluding carboxylic acids is 2. The molecule has 4 nitrogen and oxygen atoms in total. The van der Waals surface area contributed by atoms with Crippen molar-refractivity contribution in [3.63, 3.8) is 0 Å². The highest BCUT2D eigenvalue weighted by molar-refractivity contribution is 7.99. The molecule has 2 aromatic rings. The lowest BCUT2D eigenvalue weighted by molar-refractivity contribution is -0.139. The molecule has 0 radical (unpaired) electrons. The van der Waals surface area contributed by atoms with Crippen LogP contribution in [0.3, 0.4) is 0 Å². The molecule has 172 valence electrons. The average Bonchev–Trinajstić information content (AvgIpc) is 3.29. The highest BCUT2D eigenvalue weighted by Gasteiger charge is 2.30. The van der Waals surface area contributed by atoms with Crippen LogP contribution >= 0.6 is 23.4 Å². The van der Waals surface area contributed by atoms with E-state index in [2.05, 4.69) is 5.32 Å². The van der Waals surface area contributed by atoms with Crippen molar-refractivity contribution >= 4 is 35.2 Å². The van der Waals surface area contributed by atoms with E-state index in [-0.39, 0.29) is 29.4 Å². The van der Waals surface area contributed by atoms with Gasteiger partial charge in [0.2, 0.25) is 11.8 Å². The molecule has 1 unspecified atom stereocenters. The quantitative estimate of drug-likeness (QED) is 0.487. The van der Waals surface area contributed by atoms with E-state index < -0.39 is 6.04 Å². The average molecular weight is 477 g/mol. The summed E-state index contributed by atoms with van der Waals surface area (Å²) in [4.78, 5) is 28.0. The van der Waals surface area contributed by atoms with Gasteiger partial charge in [0.1, 0.15) is 11.9 Å². The standard InChI is InChI=1S/C25H30ClFN2O2S/c1-2-23(25(31)28-21-8-4-5-9-21)29(15-18-11-13-20(26)14-12-18)24(30)17-32-16-19-7-3-6-10-22(19)27/h3,6-7,10-14,21,23H,2,4-5,8-9,15-17H2,1H3,(H,28,31). The number of amides is 2. The Labute approximate surface area is 198 Å². The molecule has 0 heterocycles. The Bertz CT molecular complexity index is 903. The minimum atomic E-state index is -0.548. The lowest BCUT2D eigenvalue weighted by atomic mass is 10.1. The summed E-state index contributed by atoms with van der Waals surface area (Å²) >= 11 is 7.37. The van der Waals surface area contributed by atoms with Crippen molar-refractivity contribution < 1.29 is 14.0 Å². The molecule has 0 bridgehead atoms. The van der Waals surface area contributed by atoms with Crippen LogP contribution in [0.1, 0.15) is 50.2 Å². The Morgan fingerprint density at radius 1 is 1.16 bits per heavy atom. The molecule has 0 aromatic heterocycles. The van der Waals surface area contributed by atoms with Crippen molar-refractivity contribution in [2.75, 3.05) is 5.75 Å². The smallest absolute Gasteiger partial charge is 0.243 e. The second-order valence-electron chi connectivity index (χ2n) is 8.15. The Balaban J connectivity index is 1.70. The zero-order valence-electron chi connectivity index (χ0n) is 18.4. The van der Waals surface area contributed by atoms with Gasteiger partial charge in [0, 0.05) is 23.4 Å². The van der Waals surface area contributed by atoms with E-state index in [0.717, 1.165) is 31.2 Å². The number of halogens is 2. The van der Waals surface area contributed by atoms with Crippen LogP contribution in [-0.4, -0.2) is 34.6 Å². The van der Waals surface area contributed by atoms with Crippen molar-refractivity contribution in [3.05, 3.63) is 70.5 Å². The van der Waals surface area contributed by atoms with Crippen molar-refractivity contribution in [2.45, 2.75) is 63.4 Å². The van der Waals surface area contributed by atoms with E-state index in [1.165, 1.54) is 17.8 Å². The number of nitrogens with zero attached hydrogens (tertiary/aromatic N) is 1. The number of rotatable bonds is 10. The highest BCUT2D eigenvalue weighted by atomic mass is 35.5. The first-order valence-electron chi connectivity index (χ1n) is 11.1. The fourth-order valence-corrected chi connectivity index (χ4v) is 5.04. The summed E-state index contributed by atoms with van der Waals surface area (Å²) in [6.07, 6.45) is 4.76. The van der Waals surface area contributed by atoms with Gasteiger partial charge in [-0.25, -0.2) is 4.39 Å². The monoisotopic (exact) mass is 476 g/mol. The van der Waals surface area contributed by atoms with Gasteiger partial charge in [0.25, 0.3) is 0 Å². The van der Waals surface area contributed by atoms with Gasteiger partial charge in [0.05, 0.1) is 5.75 Å². The zero-order chi connectivity index (χ0) is 22.9. The second kappa shape index (κ2) is 12.3. The summed E-state index contributed by atoms with van der Waals surface area (Å²) in [5.74, 6) is 0.0799. The normalized spacial score (nSPS) is 14.8. The van der Waals surface area contributed by atoms with Crippen LogP contribution < -0.4 is 5.32 Å². The number of thioether (sulfide) groups is 1. The molecule has 1 fully saturated rings. The summed E-state index contributed by atoms with van der Waals surface area (Å²) < 4.78 is 13.9. The third kappa shape index (κ3) is 6.97. The topological polar surface area (TPSA) is 49.4 Å². The maximum absolute atomic E-state index is 13.9. The molecule has 0 spiro atoms. The Morgan fingerprint density at radius 3 is 2.50 bits per heavy atom. The molecule has 1 aliphatic rings. The van der Waals surface area contributed by atoms with E-state index in [1.54, 1.807) is 35.2 Å². The van der Waals surface area contributed by atoms with Gasteiger partial charge in [-0.2, -0.15) is 0 Å². The Morgan fingerprint density at radius 2 is 1.84 bits per heavy atom. The van der Waals surface area contributed by atoms with Crippen molar-refractivity contribution in [1.29, 1.82) is 0 Å². The molecule has 32 heavy (non-hydrogen) atoms. The van der Waals surface area contributed by atoms with Crippen molar-refractivity contribution in [2.24, 2.45) is 0 Å². The van der Waals surface area contributed by atoms with Crippen LogP contribution in [0, 0.1) is 5.82 Å². The number of nitrogens with one attached hydrogen (secondary N) is 1. The third-order valence-electron chi connectivity index (χ3n) is 5.79. The molecule has 1 N–H and O–H groups in total.